The molecule has 0 aliphatic heterocycles. The maximum atomic E-state index is 10.4. The molecule has 0 spiro atoms. The average molecular weight is 153 g/mol. The van der Waals surface area contributed by atoms with Crippen LogP contribution >= 0.6 is 0 Å². The van der Waals surface area contributed by atoms with Crippen LogP contribution in [0.3, 0.4) is 0 Å². The molecule has 4 nitrogen and oxygen atoms in total. The summed E-state index contributed by atoms with van der Waals surface area (Å²) in [4.78, 5) is 0. The summed E-state index contributed by atoms with van der Waals surface area (Å²) in [5, 5.41) is 17.9. The summed E-state index contributed by atoms with van der Waals surface area (Å²) in [7, 11) is 0. The molecule has 0 heterocycles. The van der Waals surface area contributed by atoms with E-state index in [-0.39, 0.29) is 12.2 Å². The van der Waals surface area contributed by atoms with Gasteiger partial charge in [0.05, 0.1) is 0 Å². The largest absolute Gasteiger partial charge is 0.595 e. The molecule has 4 heteroatoms. The number of quaternary nitrogens is 1. The number of hydrogen-bond acceptors (Lipinski definition) is 2. The van der Waals surface area contributed by atoms with Crippen molar-refractivity contribution in [1.29, 1.82) is 0 Å². The predicted molar refractivity (Wildman–Crippen MR) is 39.0 cm³/mol. The van der Waals surface area contributed by atoms with E-state index < -0.39 is 5.23 Å². The molecule has 0 aliphatic carbocycles. The van der Waals surface area contributed by atoms with Gasteiger partial charge in [0.25, 0.3) is 0 Å². The van der Waals surface area contributed by atoms with E-state index in [9.17, 15) is 5.21 Å². The van der Waals surface area contributed by atoms with Crippen LogP contribution in [0.2, 0.25) is 0 Å². The van der Waals surface area contributed by atoms with Crippen LogP contribution in [-0.2, 0) is 6.54 Å². The smallest absolute Gasteiger partial charge is 0.163 e. The van der Waals surface area contributed by atoms with Gasteiger partial charge in [-0.25, -0.2) is 5.21 Å². The van der Waals surface area contributed by atoms with Crippen molar-refractivity contribution in [3.63, 3.8) is 0 Å². The Balaban J connectivity index is 2.83. The highest BCUT2D eigenvalue weighted by Gasteiger charge is 1.97. The number of benzene rings is 1. The number of rotatable bonds is 2. The zero-order valence-electron chi connectivity index (χ0n) is 5.87. The molecular formula is C7H9N2O2. The van der Waals surface area contributed by atoms with E-state index in [0.717, 1.165) is 5.56 Å². The normalized spacial score (nSPS) is 13.0. The van der Waals surface area contributed by atoms with Gasteiger partial charge in [0.2, 0.25) is 0 Å². The molecule has 0 saturated heterocycles. The third kappa shape index (κ3) is 1.99. The molecule has 1 aromatic rings. The highest BCUT2D eigenvalue weighted by atomic mass is 16.8. The first-order valence-corrected chi connectivity index (χ1v) is 3.21. The van der Waals surface area contributed by atoms with E-state index in [1.807, 2.05) is 0 Å². The molecule has 0 amide bonds. The number of nitrogens with one attached hydrogen (secondary N) is 2. The second-order valence-electron chi connectivity index (χ2n) is 2.18. The lowest BCUT2D eigenvalue weighted by Gasteiger charge is -2.10. The lowest BCUT2D eigenvalue weighted by Crippen LogP contribution is -2.99. The Bertz CT molecular complexity index is 220. The SMILES string of the molecule is [NH]Cc1ccc([NH+]([O-])O)cc1. The van der Waals surface area contributed by atoms with Gasteiger partial charge < -0.3 is 5.21 Å². The van der Waals surface area contributed by atoms with Gasteiger partial charge in [0.1, 0.15) is 0 Å². The molecule has 1 atom stereocenters. The van der Waals surface area contributed by atoms with E-state index in [2.05, 4.69) is 0 Å². The van der Waals surface area contributed by atoms with Gasteiger partial charge in [-0.2, -0.15) is 5.23 Å². The second-order valence-corrected chi connectivity index (χ2v) is 2.18. The fourth-order valence-electron chi connectivity index (χ4n) is 0.765. The van der Waals surface area contributed by atoms with Gasteiger partial charge in [-0.1, -0.05) is 12.1 Å². The highest BCUT2D eigenvalue weighted by Crippen LogP contribution is 2.03. The van der Waals surface area contributed by atoms with E-state index in [4.69, 9.17) is 10.9 Å². The Morgan fingerprint density at radius 3 is 2.27 bits per heavy atom. The second kappa shape index (κ2) is 3.45. The van der Waals surface area contributed by atoms with Crippen LogP contribution in [0.25, 0.3) is 0 Å². The molecule has 0 saturated carbocycles. The Kier molecular flexibility index (Phi) is 2.56. The quantitative estimate of drug-likeness (QED) is 0.581. The van der Waals surface area contributed by atoms with Crippen LogP contribution in [0.5, 0.6) is 0 Å². The van der Waals surface area contributed by atoms with Gasteiger partial charge in [0.15, 0.2) is 5.69 Å². The van der Waals surface area contributed by atoms with Crippen LogP contribution in [0, 0.1) is 5.21 Å². The first-order valence-electron chi connectivity index (χ1n) is 3.21. The Morgan fingerprint density at radius 2 is 1.91 bits per heavy atom. The summed E-state index contributed by atoms with van der Waals surface area (Å²) < 4.78 is 0. The van der Waals surface area contributed by atoms with Crippen molar-refractivity contribution in [2.24, 2.45) is 0 Å². The van der Waals surface area contributed by atoms with Gasteiger partial charge in [-0.3, -0.25) is 5.73 Å². The third-order valence-electron chi connectivity index (χ3n) is 1.41. The summed E-state index contributed by atoms with van der Waals surface area (Å²) in [6.07, 6.45) is 0. The minimum atomic E-state index is -0.929. The average Bonchev–Trinajstić information content (AvgIpc) is 2.05. The summed E-state index contributed by atoms with van der Waals surface area (Å²) in [5.74, 6) is 0. The molecule has 1 rings (SSSR count). The van der Waals surface area contributed by atoms with Crippen LogP contribution in [0.1, 0.15) is 5.56 Å². The van der Waals surface area contributed by atoms with Crippen molar-refractivity contribution in [3.8, 4) is 0 Å². The Hall–Kier alpha value is -0.940. The van der Waals surface area contributed by atoms with Crippen molar-refractivity contribution < 1.29 is 10.4 Å². The van der Waals surface area contributed by atoms with Crippen molar-refractivity contribution in [2.45, 2.75) is 6.54 Å². The minimum Gasteiger partial charge on any atom is -0.595 e. The van der Waals surface area contributed by atoms with Crippen LogP contribution < -0.4 is 11.0 Å². The molecular weight excluding hydrogens is 144 g/mol. The molecule has 11 heavy (non-hydrogen) atoms. The third-order valence-corrected chi connectivity index (χ3v) is 1.41. The van der Waals surface area contributed by atoms with Crippen molar-refractivity contribution in [2.75, 3.05) is 0 Å². The molecule has 1 unspecified atom stereocenters. The van der Waals surface area contributed by atoms with Crippen molar-refractivity contribution in [3.05, 3.63) is 35.0 Å². The molecule has 0 bridgehead atoms. The summed E-state index contributed by atoms with van der Waals surface area (Å²) >= 11 is 0. The first-order chi connectivity index (χ1) is 5.24. The van der Waals surface area contributed by atoms with E-state index >= 15 is 0 Å². The van der Waals surface area contributed by atoms with Gasteiger partial charge in [-0.15, -0.1) is 0 Å². The maximum absolute atomic E-state index is 10.4. The highest BCUT2D eigenvalue weighted by molar-refractivity contribution is 5.32. The van der Waals surface area contributed by atoms with E-state index in [1.54, 1.807) is 12.1 Å². The topological polar surface area (TPSA) is 71.5 Å². The standard InChI is InChI=1S/C7H9N2O2/c8-5-6-1-3-7(4-2-6)9(10)11/h1-4,8-10H,5H2. The Morgan fingerprint density at radius 1 is 1.36 bits per heavy atom. The van der Waals surface area contributed by atoms with Crippen LogP contribution in [0.4, 0.5) is 5.69 Å². The summed E-state index contributed by atoms with van der Waals surface area (Å²) in [5.41, 5.74) is 8.07. The molecule has 1 aromatic carbocycles. The summed E-state index contributed by atoms with van der Waals surface area (Å²) in [6, 6.07) is 6.31. The molecule has 0 fully saturated rings. The monoisotopic (exact) mass is 153 g/mol. The lowest BCUT2D eigenvalue weighted by atomic mass is 10.2. The predicted octanol–water partition coefficient (Wildman–Crippen LogP) is -0.127. The minimum absolute atomic E-state index is 0.194. The zero-order valence-corrected chi connectivity index (χ0v) is 5.87. The van der Waals surface area contributed by atoms with Gasteiger partial charge >= 0.3 is 0 Å². The maximum Gasteiger partial charge on any atom is 0.163 e. The zero-order chi connectivity index (χ0) is 8.27. The Labute approximate surface area is 64.4 Å². The van der Waals surface area contributed by atoms with E-state index in [1.165, 1.54) is 12.1 Å². The van der Waals surface area contributed by atoms with Crippen molar-refractivity contribution in [1.82, 2.24) is 5.73 Å². The van der Waals surface area contributed by atoms with Crippen molar-refractivity contribution >= 4 is 5.69 Å². The van der Waals surface area contributed by atoms with Crippen LogP contribution in [-0.4, -0.2) is 5.21 Å². The lowest BCUT2D eigenvalue weighted by molar-refractivity contribution is -0.991. The fourth-order valence-corrected chi connectivity index (χ4v) is 0.765. The number of hydrogen-bond donors (Lipinski definition) is 2. The van der Waals surface area contributed by atoms with E-state index in [0.29, 0.717) is 0 Å². The molecule has 1 radical (unpaired) electrons. The van der Waals surface area contributed by atoms with Gasteiger partial charge in [0, 0.05) is 18.7 Å². The van der Waals surface area contributed by atoms with Gasteiger partial charge in [-0.05, 0) is 5.56 Å². The fraction of sp³-hybridized carbons (Fsp3) is 0.143. The molecule has 3 N–H and O–H groups in total. The first kappa shape index (κ1) is 8.16. The van der Waals surface area contributed by atoms with Crippen LogP contribution in [0.15, 0.2) is 24.3 Å². The summed E-state index contributed by atoms with van der Waals surface area (Å²) in [6.45, 7) is 0.194. The molecule has 0 aliphatic rings. The molecule has 0 aromatic heterocycles. The molecule has 59 valence electrons.